The van der Waals surface area contributed by atoms with E-state index in [1.807, 2.05) is 54.6 Å². The van der Waals surface area contributed by atoms with Crippen LogP contribution in [0.25, 0.3) is 10.8 Å². The predicted molar refractivity (Wildman–Crippen MR) is 141 cm³/mol. The number of benzene rings is 5. The van der Waals surface area contributed by atoms with Crippen molar-refractivity contribution in [2.24, 2.45) is 20.5 Å². The number of aromatic hydroxyl groups is 1. The maximum absolute atomic E-state index is 12.4. The number of anilines is 1. The second-order valence-electron chi connectivity index (χ2n) is 7.94. The summed E-state index contributed by atoms with van der Waals surface area (Å²) in [4.78, 5) is 12.4. The fourth-order valence-electron chi connectivity index (χ4n) is 3.56. The molecule has 0 atom stereocenters. The summed E-state index contributed by atoms with van der Waals surface area (Å²) in [6.07, 6.45) is 0. The van der Waals surface area contributed by atoms with E-state index in [2.05, 4.69) is 25.8 Å². The van der Waals surface area contributed by atoms with Crippen molar-refractivity contribution in [1.29, 1.82) is 0 Å². The zero-order valence-corrected chi connectivity index (χ0v) is 19.1. The van der Waals surface area contributed by atoms with Gasteiger partial charge in [0.2, 0.25) is 0 Å². The van der Waals surface area contributed by atoms with Crippen LogP contribution < -0.4 is 5.32 Å². The molecule has 0 fully saturated rings. The van der Waals surface area contributed by atoms with Gasteiger partial charge in [-0.3, -0.25) is 4.79 Å². The average molecular weight is 472 g/mol. The number of fused-ring (bicyclic) bond motifs is 1. The van der Waals surface area contributed by atoms with Crippen molar-refractivity contribution in [3.8, 4) is 5.75 Å². The molecule has 0 unspecified atom stereocenters. The van der Waals surface area contributed by atoms with Gasteiger partial charge in [0.05, 0.1) is 17.1 Å². The Morgan fingerprint density at radius 1 is 0.611 bits per heavy atom. The van der Waals surface area contributed by atoms with Gasteiger partial charge in [-0.2, -0.15) is 15.3 Å². The molecule has 0 radical (unpaired) electrons. The minimum absolute atomic E-state index is 0.0190. The molecule has 0 spiro atoms. The second-order valence-corrected chi connectivity index (χ2v) is 7.94. The first-order valence-corrected chi connectivity index (χ1v) is 11.3. The van der Waals surface area contributed by atoms with Crippen LogP contribution in [0.1, 0.15) is 10.4 Å². The van der Waals surface area contributed by atoms with E-state index in [9.17, 15) is 9.90 Å². The summed E-state index contributed by atoms with van der Waals surface area (Å²) < 4.78 is 0. The lowest BCUT2D eigenvalue weighted by atomic mass is 10.1. The zero-order chi connectivity index (χ0) is 24.7. The van der Waals surface area contributed by atoms with Gasteiger partial charge in [-0.25, -0.2) is 0 Å². The quantitative estimate of drug-likeness (QED) is 0.242. The Morgan fingerprint density at radius 3 is 1.86 bits per heavy atom. The number of hydrogen-bond acceptors (Lipinski definition) is 6. The molecule has 0 saturated carbocycles. The first-order valence-electron chi connectivity index (χ1n) is 11.3. The van der Waals surface area contributed by atoms with Crippen molar-refractivity contribution in [3.05, 3.63) is 121 Å². The molecule has 174 valence electrons. The molecule has 0 aliphatic heterocycles. The van der Waals surface area contributed by atoms with Crippen LogP contribution >= 0.6 is 0 Å². The highest BCUT2D eigenvalue weighted by Crippen LogP contribution is 2.36. The van der Waals surface area contributed by atoms with Crippen molar-refractivity contribution in [1.82, 2.24) is 0 Å². The highest BCUT2D eigenvalue weighted by molar-refractivity contribution is 6.05. The lowest BCUT2D eigenvalue weighted by Crippen LogP contribution is -2.11. The normalized spacial score (nSPS) is 11.3. The Balaban J connectivity index is 1.29. The molecule has 0 aromatic heterocycles. The van der Waals surface area contributed by atoms with E-state index < -0.39 is 0 Å². The van der Waals surface area contributed by atoms with Crippen molar-refractivity contribution in [2.75, 3.05) is 5.32 Å². The number of azo groups is 2. The van der Waals surface area contributed by atoms with Crippen LogP contribution in [-0.4, -0.2) is 11.0 Å². The summed E-state index contributed by atoms with van der Waals surface area (Å²) in [5.74, 6) is -0.178. The molecular weight excluding hydrogens is 450 g/mol. The van der Waals surface area contributed by atoms with E-state index in [-0.39, 0.29) is 11.7 Å². The van der Waals surface area contributed by atoms with Crippen LogP contribution in [0.5, 0.6) is 5.75 Å². The van der Waals surface area contributed by atoms with Crippen molar-refractivity contribution >= 4 is 45.1 Å². The summed E-state index contributed by atoms with van der Waals surface area (Å²) in [5, 5.41) is 31.8. The number of phenolic OH excluding ortho intramolecular Hbond substituents is 1. The van der Waals surface area contributed by atoms with E-state index in [1.54, 1.807) is 60.7 Å². The Bertz CT molecular complexity index is 1570. The largest absolute Gasteiger partial charge is 0.505 e. The van der Waals surface area contributed by atoms with Crippen LogP contribution in [0, 0.1) is 0 Å². The third kappa shape index (κ3) is 5.31. The topological polar surface area (TPSA) is 98.8 Å². The zero-order valence-electron chi connectivity index (χ0n) is 19.1. The van der Waals surface area contributed by atoms with E-state index in [4.69, 9.17) is 0 Å². The Labute approximate surface area is 207 Å². The standard InChI is InChI=1S/C29H21N5O2/c35-28-26-17-16-25(30-29(36)20-7-3-1-4-8-20)19-21(26)11-18-27(28)34-33-24-14-12-23(13-15-24)32-31-22-9-5-2-6-10-22/h1-19,35H,(H,30,36). The van der Waals surface area contributed by atoms with E-state index in [0.717, 1.165) is 11.1 Å². The SMILES string of the molecule is O=C(Nc1ccc2c(O)c(N=Nc3ccc(N=Nc4ccccc4)cc3)ccc2c1)c1ccccc1. The number of phenols is 1. The third-order valence-electron chi connectivity index (χ3n) is 5.42. The maximum atomic E-state index is 12.4. The fraction of sp³-hybridized carbons (Fsp3) is 0. The van der Waals surface area contributed by atoms with Gasteiger partial charge in [-0.15, -0.1) is 5.11 Å². The lowest BCUT2D eigenvalue weighted by molar-refractivity contribution is 0.102. The molecule has 0 bridgehead atoms. The molecule has 0 saturated heterocycles. The summed E-state index contributed by atoms with van der Waals surface area (Å²) >= 11 is 0. The van der Waals surface area contributed by atoms with Crippen molar-refractivity contribution < 1.29 is 9.90 Å². The Morgan fingerprint density at radius 2 is 1.19 bits per heavy atom. The molecule has 0 aliphatic carbocycles. The highest BCUT2D eigenvalue weighted by atomic mass is 16.3. The Kier molecular flexibility index (Phi) is 6.53. The maximum Gasteiger partial charge on any atom is 0.255 e. The monoisotopic (exact) mass is 471 g/mol. The van der Waals surface area contributed by atoms with Gasteiger partial charge in [-0.1, -0.05) is 42.5 Å². The predicted octanol–water partition coefficient (Wildman–Crippen LogP) is 8.63. The van der Waals surface area contributed by atoms with Crippen LogP contribution in [0.15, 0.2) is 136 Å². The fourth-order valence-corrected chi connectivity index (χ4v) is 3.56. The number of carbonyl (C=O) groups is 1. The molecule has 7 heteroatoms. The molecule has 0 aliphatic rings. The number of carbonyl (C=O) groups excluding carboxylic acids is 1. The molecule has 36 heavy (non-hydrogen) atoms. The number of rotatable bonds is 6. The molecule has 5 aromatic rings. The molecule has 7 nitrogen and oxygen atoms in total. The van der Waals surface area contributed by atoms with E-state index in [1.165, 1.54) is 0 Å². The number of amides is 1. The van der Waals surface area contributed by atoms with Gasteiger partial charge < -0.3 is 10.4 Å². The smallest absolute Gasteiger partial charge is 0.255 e. The molecular formula is C29H21N5O2. The van der Waals surface area contributed by atoms with Gasteiger partial charge in [0.15, 0.2) is 5.75 Å². The van der Waals surface area contributed by atoms with Crippen LogP contribution in [0.3, 0.4) is 0 Å². The van der Waals surface area contributed by atoms with Crippen molar-refractivity contribution in [3.63, 3.8) is 0 Å². The molecule has 0 heterocycles. The summed E-state index contributed by atoms with van der Waals surface area (Å²) in [6.45, 7) is 0. The molecule has 1 amide bonds. The van der Waals surface area contributed by atoms with Gasteiger partial charge in [0, 0.05) is 16.6 Å². The minimum atomic E-state index is -0.197. The first-order chi connectivity index (χ1) is 17.7. The van der Waals surface area contributed by atoms with Crippen LogP contribution in [-0.2, 0) is 0 Å². The minimum Gasteiger partial charge on any atom is -0.505 e. The second kappa shape index (κ2) is 10.4. The lowest BCUT2D eigenvalue weighted by Gasteiger charge is -2.08. The van der Waals surface area contributed by atoms with Crippen molar-refractivity contribution in [2.45, 2.75) is 0 Å². The third-order valence-corrected chi connectivity index (χ3v) is 5.42. The summed E-state index contributed by atoms with van der Waals surface area (Å²) in [5.41, 5.74) is 3.64. The van der Waals surface area contributed by atoms with Crippen LogP contribution in [0.2, 0.25) is 0 Å². The Hall–Kier alpha value is -5.17. The number of nitrogens with zero attached hydrogens (tertiary/aromatic N) is 4. The van der Waals surface area contributed by atoms with Gasteiger partial charge in [0.1, 0.15) is 5.69 Å². The molecule has 5 aromatic carbocycles. The van der Waals surface area contributed by atoms with Crippen LogP contribution in [0.4, 0.5) is 28.4 Å². The number of hydrogen-bond donors (Lipinski definition) is 2. The summed E-state index contributed by atoms with van der Waals surface area (Å²) in [7, 11) is 0. The molecule has 2 N–H and O–H groups in total. The first kappa shape index (κ1) is 22.6. The van der Waals surface area contributed by atoms with E-state index in [0.29, 0.717) is 33.7 Å². The van der Waals surface area contributed by atoms with Gasteiger partial charge in [0.25, 0.3) is 5.91 Å². The number of nitrogens with one attached hydrogen (secondary N) is 1. The highest BCUT2D eigenvalue weighted by Gasteiger charge is 2.09. The summed E-state index contributed by atoms with van der Waals surface area (Å²) in [6, 6.07) is 34.5. The molecule has 5 rings (SSSR count). The van der Waals surface area contributed by atoms with Gasteiger partial charge >= 0.3 is 0 Å². The van der Waals surface area contributed by atoms with Gasteiger partial charge in [-0.05, 0) is 78.2 Å². The average Bonchev–Trinajstić information content (AvgIpc) is 2.93. The van der Waals surface area contributed by atoms with E-state index >= 15 is 0 Å².